The van der Waals surface area contributed by atoms with Gasteiger partial charge in [0.05, 0.1) is 34.9 Å². The monoisotopic (exact) mass is 447 g/mol. The fourth-order valence-electron chi connectivity index (χ4n) is 3.66. The van der Waals surface area contributed by atoms with E-state index in [-0.39, 0.29) is 29.1 Å². The third kappa shape index (κ3) is 4.77. The molecule has 9 heteroatoms. The second-order valence-electron chi connectivity index (χ2n) is 7.89. The Balaban J connectivity index is 2.24. The predicted molar refractivity (Wildman–Crippen MR) is 116 cm³/mol. The van der Waals surface area contributed by atoms with Crippen molar-refractivity contribution in [3.63, 3.8) is 0 Å². The van der Waals surface area contributed by atoms with Crippen molar-refractivity contribution in [3.05, 3.63) is 58.7 Å². The molecule has 0 fully saturated rings. The molecule has 1 heterocycles. The Bertz CT molecular complexity index is 1190. The first-order valence-electron chi connectivity index (χ1n) is 9.93. The van der Waals surface area contributed by atoms with Crippen molar-refractivity contribution in [3.8, 4) is 11.6 Å². The highest BCUT2D eigenvalue weighted by Gasteiger charge is 2.32. The van der Waals surface area contributed by atoms with Crippen molar-refractivity contribution in [2.45, 2.75) is 46.4 Å². The molecule has 1 unspecified atom stereocenters. The number of rotatable bonds is 5. The number of nitrogens with one attached hydrogen (secondary N) is 1. The minimum absolute atomic E-state index is 0.155. The van der Waals surface area contributed by atoms with Crippen molar-refractivity contribution in [1.82, 2.24) is 9.99 Å². The Hall–Kier alpha value is -3.33. The summed E-state index contributed by atoms with van der Waals surface area (Å²) in [7, 11) is 0. The van der Waals surface area contributed by atoms with Gasteiger partial charge in [-0.05, 0) is 63.1 Å². The van der Waals surface area contributed by atoms with Crippen molar-refractivity contribution in [2.75, 3.05) is 0 Å². The molecule has 1 amide bonds. The van der Waals surface area contributed by atoms with Crippen LogP contribution < -0.4 is 5.43 Å². The van der Waals surface area contributed by atoms with Gasteiger partial charge in [-0.25, -0.2) is 5.43 Å². The van der Waals surface area contributed by atoms with E-state index < -0.39 is 23.8 Å². The molecule has 0 spiro atoms. The van der Waals surface area contributed by atoms with Crippen LogP contribution in [0.4, 0.5) is 13.2 Å². The largest absolute Gasteiger partial charge is 0.494 e. The average Bonchev–Trinajstić information content (AvgIpc) is 2.95. The van der Waals surface area contributed by atoms with E-state index in [9.17, 15) is 28.2 Å². The summed E-state index contributed by atoms with van der Waals surface area (Å²) in [4.78, 5) is 11.8. The molecule has 3 N–H and O–H groups in total. The zero-order chi connectivity index (χ0) is 23.8. The molecule has 0 bridgehead atoms. The van der Waals surface area contributed by atoms with E-state index >= 15 is 0 Å². The molecule has 2 aromatic carbocycles. The fraction of sp³-hybridized carbons (Fsp3) is 0.304. The molecule has 1 atom stereocenters. The van der Waals surface area contributed by atoms with E-state index in [0.29, 0.717) is 11.1 Å². The average molecular weight is 447 g/mol. The van der Waals surface area contributed by atoms with E-state index in [0.717, 1.165) is 23.3 Å². The minimum Gasteiger partial charge on any atom is -0.494 e. The number of hydrogen-bond donors (Lipinski definition) is 3. The van der Waals surface area contributed by atoms with E-state index in [4.69, 9.17) is 0 Å². The number of aromatic hydroxyl groups is 1. The molecule has 0 aliphatic heterocycles. The van der Waals surface area contributed by atoms with Crippen LogP contribution in [0.2, 0.25) is 0 Å². The van der Waals surface area contributed by atoms with E-state index in [2.05, 4.69) is 10.5 Å². The number of hydrogen-bond acceptors (Lipinski definition) is 4. The summed E-state index contributed by atoms with van der Waals surface area (Å²) in [5.41, 5.74) is 4.27. The summed E-state index contributed by atoms with van der Waals surface area (Å²) in [6.45, 7) is 6.69. The van der Waals surface area contributed by atoms with Crippen LogP contribution in [0.5, 0.6) is 5.88 Å². The second-order valence-corrected chi connectivity index (χ2v) is 7.89. The lowest BCUT2D eigenvalue weighted by Crippen LogP contribution is -2.23. The maximum absolute atomic E-state index is 13.4. The topological polar surface area (TPSA) is 86.8 Å². The van der Waals surface area contributed by atoms with Crippen LogP contribution >= 0.6 is 0 Å². The zero-order valence-corrected chi connectivity index (χ0v) is 18.1. The Labute approximate surface area is 183 Å². The van der Waals surface area contributed by atoms with E-state index in [1.54, 1.807) is 12.1 Å². The van der Waals surface area contributed by atoms with Crippen LogP contribution in [-0.4, -0.2) is 32.5 Å². The van der Waals surface area contributed by atoms with Gasteiger partial charge in [0.15, 0.2) is 0 Å². The summed E-state index contributed by atoms with van der Waals surface area (Å²) in [5, 5.41) is 24.7. The number of carbonyl (C=O) groups is 1. The summed E-state index contributed by atoms with van der Waals surface area (Å²) >= 11 is 0. The number of aromatic nitrogens is 1. The number of carbonyl (C=O) groups excluding carboxylic acids is 1. The van der Waals surface area contributed by atoms with Gasteiger partial charge >= 0.3 is 6.18 Å². The maximum atomic E-state index is 13.4. The first kappa shape index (κ1) is 23.3. The Morgan fingerprint density at radius 3 is 2.34 bits per heavy atom. The summed E-state index contributed by atoms with van der Waals surface area (Å²) < 4.78 is 41.5. The van der Waals surface area contributed by atoms with Crippen LogP contribution in [0.15, 0.2) is 41.5 Å². The van der Waals surface area contributed by atoms with Gasteiger partial charge in [-0.2, -0.15) is 18.3 Å². The molecular formula is C23H24F3N3O3. The molecule has 32 heavy (non-hydrogen) atoms. The van der Waals surface area contributed by atoms with Gasteiger partial charge in [-0.3, -0.25) is 9.36 Å². The van der Waals surface area contributed by atoms with Crippen molar-refractivity contribution < 1.29 is 28.2 Å². The highest BCUT2D eigenvalue weighted by atomic mass is 19.4. The number of benzene rings is 2. The van der Waals surface area contributed by atoms with Gasteiger partial charge < -0.3 is 10.2 Å². The van der Waals surface area contributed by atoms with Gasteiger partial charge in [-0.1, -0.05) is 12.1 Å². The van der Waals surface area contributed by atoms with Crippen molar-refractivity contribution in [1.29, 1.82) is 0 Å². The lowest BCUT2D eigenvalue weighted by atomic mass is 10.1. The quantitative estimate of drug-likeness (QED) is 0.395. The predicted octanol–water partition coefficient (Wildman–Crippen LogP) is 4.58. The van der Waals surface area contributed by atoms with Crippen LogP contribution in [-0.2, 0) is 11.0 Å². The molecule has 3 rings (SSSR count). The summed E-state index contributed by atoms with van der Waals surface area (Å²) in [6.07, 6.45) is -5.58. The van der Waals surface area contributed by atoms with E-state index in [1.165, 1.54) is 24.5 Å². The molecular weight excluding hydrogens is 423 g/mol. The van der Waals surface area contributed by atoms with Crippen LogP contribution in [0.25, 0.3) is 16.6 Å². The maximum Gasteiger partial charge on any atom is 0.416 e. The van der Waals surface area contributed by atoms with Crippen LogP contribution in [0.3, 0.4) is 0 Å². The normalized spacial score (nSPS) is 13.4. The second kappa shape index (κ2) is 8.66. The molecule has 170 valence electrons. The Morgan fingerprint density at radius 2 is 1.78 bits per heavy atom. The minimum atomic E-state index is -4.56. The third-order valence-corrected chi connectivity index (χ3v) is 4.93. The molecule has 6 nitrogen and oxygen atoms in total. The first-order chi connectivity index (χ1) is 14.9. The molecule has 0 aliphatic rings. The summed E-state index contributed by atoms with van der Waals surface area (Å²) in [5.74, 6) is -0.827. The molecule has 0 aliphatic carbocycles. The SMILES string of the molecule is CC(=NNC(=O)CC(C)O)c1c(O)n(-c2cc(C)cc(C)c2)c2cc(C(F)(F)F)ccc12. The van der Waals surface area contributed by atoms with Gasteiger partial charge in [0.2, 0.25) is 11.8 Å². The molecule has 0 radical (unpaired) electrons. The molecule has 1 aromatic heterocycles. The van der Waals surface area contributed by atoms with Crippen molar-refractivity contribution >= 4 is 22.5 Å². The standard InChI is InChI=1S/C23H24F3N3O3/c1-12-7-13(2)9-17(8-12)29-19-11-16(23(24,25)26)5-6-18(19)21(22(29)32)15(4)27-28-20(31)10-14(3)30/h5-9,11,14,30,32H,10H2,1-4H3,(H,28,31). The Kier molecular flexibility index (Phi) is 6.32. The highest BCUT2D eigenvalue weighted by molar-refractivity contribution is 6.13. The fourth-order valence-corrected chi connectivity index (χ4v) is 3.66. The lowest BCUT2D eigenvalue weighted by molar-refractivity contribution is -0.137. The molecule has 0 saturated carbocycles. The summed E-state index contributed by atoms with van der Waals surface area (Å²) in [6, 6.07) is 8.63. The van der Waals surface area contributed by atoms with Gasteiger partial charge in [-0.15, -0.1) is 0 Å². The van der Waals surface area contributed by atoms with Crippen molar-refractivity contribution in [2.24, 2.45) is 5.10 Å². The third-order valence-electron chi connectivity index (χ3n) is 4.93. The smallest absolute Gasteiger partial charge is 0.416 e. The number of nitrogens with zero attached hydrogens (tertiary/aromatic N) is 2. The van der Waals surface area contributed by atoms with Gasteiger partial charge in [0, 0.05) is 11.1 Å². The lowest BCUT2D eigenvalue weighted by Gasteiger charge is -2.11. The Morgan fingerprint density at radius 1 is 1.16 bits per heavy atom. The first-order valence-corrected chi connectivity index (χ1v) is 9.93. The number of halogens is 3. The molecule has 3 aromatic rings. The number of hydrazone groups is 1. The van der Waals surface area contributed by atoms with Crippen LogP contribution in [0.1, 0.15) is 42.5 Å². The number of amides is 1. The van der Waals surface area contributed by atoms with Crippen LogP contribution in [0, 0.1) is 13.8 Å². The highest BCUT2D eigenvalue weighted by Crippen LogP contribution is 2.39. The number of aryl methyl sites for hydroxylation is 2. The molecule has 0 saturated heterocycles. The number of fused-ring (bicyclic) bond motifs is 1. The number of alkyl halides is 3. The zero-order valence-electron chi connectivity index (χ0n) is 18.1. The van der Waals surface area contributed by atoms with Gasteiger partial charge in [0.25, 0.3) is 0 Å². The number of aliphatic hydroxyl groups excluding tert-OH is 1. The van der Waals surface area contributed by atoms with Gasteiger partial charge in [0.1, 0.15) is 0 Å². The van der Waals surface area contributed by atoms with E-state index in [1.807, 2.05) is 19.9 Å². The number of aliphatic hydroxyl groups is 1.